The van der Waals surface area contributed by atoms with Crippen LogP contribution in [0.2, 0.25) is 0 Å². The average Bonchev–Trinajstić information content (AvgIpc) is 2.55. The Morgan fingerprint density at radius 2 is 1.96 bits per heavy atom. The third-order valence-corrected chi connectivity index (χ3v) is 4.32. The third kappa shape index (κ3) is 5.12. The van der Waals surface area contributed by atoms with Crippen LogP contribution in [0, 0.1) is 0 Å². The van der Waals surface area contributed by atoms with E-state index in [1.54, 1.807) is 4.90 Å². The van der Waals surface area contributed by atoms with Crippen molar-refractivity contribution in [1.29, 1.82) is 0 Å². The predicted octanol–water partition coefficient (Wildman–Crippen LogP) is 3.19. The zero-order chi connectivity index (χ0) is 17.6. The molecule has 1 aromatic carbocycles. The number of carbonyl (C=O) groups excluding carboxylic acids is 1. The summed E-state index contributed by atoms with van der Waals surface area (Å²) in [5.41, 5.74) is 0.0734. The number of likely N-dealkylation sites (tertiary alicyclic amines) is 1. The maximum absolute atomic E-state index is 12.5. The van der Waals surface area contributed by atoms with Crippen LogP contribution in [0.4, 0.5) is 18.0 Å². The van der Waals surface area contributed by atoms with Crippen LogP contribution in [0.3, 0.4) is 0 Å². The molecule has 1 fully saturated rings. The quantitative estimate of drug-likeness (QED) is 0.862. The first-order valence-electron chi connectivity index (χ1n) is 8.23. The minimum Gasteiger partial charge on any atom is -0.396 e. The number of hydrogen-bond donors (Lipinski definition) is 2. The van der Waals surface area contributed by atoms with Gasteiger partial charge in [-0.05, 0) is 49.8 Å². The van der Waals surface area contributed by atoms with Crippen LogP contribution in [0.5, 0.6) is 0 Å². The second-order valence-corrected chi connectivity index (χ2v) is 6.03. The molecule has 1 heterocycles. The van der Waals surface area contributed by atoms with Gasteiger partial charge in [0, 0.05) is 25.7 Å². The van der Waals surface area contributed by atoms with Gasteiger partial charge >= 0.3 is 12.2 Å². The summed E-state index contributed by atoms with van der Waals surface area (Å²) in [5, 5.41) is 11.9. The fraction of sp³-hybridized carbons (Fsp3) is 0.588. The number of aliphatic hydroxyl groups excluding tert-OH is 1. The van der Waals surface area contributed by atoms with E-state index in [4.69, 9.17) is 5.11 Å². The molecule has 0 unspecified atom stereocenters. The van der Waals surface area contributed by atoms with Crippen molar-refractivity contribution in [2.24, 2.45) is 0 Å². The molecule has 134 valence electrons. The van der Waals surface area contributed by atoms with E-state index in [1.165, 1.54) is 12.1 Å². The molecule has 1 aliphatic heterocycles. The Hall–Kier alpha value is -1.76. The minimum atomic E-state index is -4.33. The summed E-state index contributed by atoms with van der Waals surface area (Å²) in [7, 11) is 0. The Bertz CT molecular complexity index is 530. The first-order valence-corrected chi connectivity index (χ1v) is 8.23. The molecule has 1 aromatic rings. The predicted molar refractivity (Wildman–Crippen MR) is 84.6 cm³/mol. The molecule has 2 N–H and O–H groups in total. The van der Waals surface area contributed by atoms with Crippen LogP contribution in [0.25, 0.3) is 0 Å². The molecular weight excluding hydrogens is 321 g/mol. The summed E-state index contributed by atoms with van der Waals surface area (Å²) >= 11 is 0. The lowest BCUT2D eigenvalue weighted by atomic mass is 10.0. The third-order valence-electron chi connectivity index (χ3n) is 4.32. The Morgan fingerprint density at radius 3 is 2.58 bits per heavy atom. The molecule has 7 heteroatoms. The molecule has 1 saturated heterocycles. The van der Waals surface area contributed by atoms with Gasteiger partial charge in [0.25, 0.3) is 0 Å². The van der Waals surface area contributed by atoms with Crippen molar-refractivity contribution in [2.75, 3.05) is 19.7 Å². The number of urea groups is 1. The molecule has 24 heavy (non-hydrogen) atoms. The van der Waals surface area contributed by atoms with Crippen molar-refractivity contribution in [3.05, 3.63) is 35.4 Å². The van der Waals surface area contributed by atoms with Gasteiger partial charge in [-0.15, -0.1) is 0 Å². The van der Waals surface area contributed by atoms with E-state index in [0.29, 0.717) is 25.9 Å². The van der Waals surface area contributed by atoms with Crippen LogP contribution >= 0.6 is 0 Å². The molecule has 1 aliphatic rings. The number of rotatable bonds is 5. The number of halogens is 3. The zero-order valence-corrected chi connectivity index (χ0v) is 13.5. The first kappa shape index (κ1) is 18.6. The fourth-order valence-corrected chi connectivity index (χ4v) is 2.99. The van der Waals surface area contributed by atoms with E-state index in [0.717, 1.165) is 37.0 Å². The van der Waals surface area contributed by atoms with E-state index < -0.39 is 11.7 Å². The molecule has 2 rings (SSSR count). The van der Waals surface area contributed by atoms with Gasteiger partial charge < -0.3 is 15.3 Å². The van der Waals surface area contributed by atoms with Crippen LogP contribution in [0.15, 0.2) is 24.3 Å². The number of alkyl halides is 3. The number of hydrogen-bond acceptors (Lipinski definition) is 2. The van der Waals surface area contributed by atoms with Gasteiger partial charge in [0.1, 0.15) is 0 Å². The maximum atomic E-state index is 12.5. The van der Waals surface area contributed by atoms with Crippen LogP contribution in [-0.2, 0) is 12.6 Å². The van der Waals surface area contributed by atoms with Gasteiger partial charge in [-0.25, -0.2) is 4.79 Å². The van der Waals surface area contributed by atoms with E-state index >= 15 is 0 Å². The summed E-state index contributed by atoms with van der Waals surface area (Å²) in [6.07, 6.45) is -0.376. The summed E-state index contributed by atoms with van der Waals surface area (Å²) in [6.45, 7) is 1.10. The Balaban J connectivity index is 1.81. The Morgan fingerprint density at radius 1 is 1.25 bits per heavy atom. The second-order valence-electron chi connectivity index (χ2n) is 6.03. The van der Waals surface area contributed by atoms with E-state index in [-0.39, 0.29) is 18.7 Å². The van der Waals surface area contributed by atoms with E-state index in [9.17, 15) is 18.0 Å². The lowest BCUT2D eigenvalue weighted by Crippen LogP contribution is -2.49. The average molecular weight is 344 g/mol. The number of benzene rings is 1. The molecule has 0 aliphatic carbocycles. The number of aliphatic hydroxyl groups is 1. The summed E-state index contributed by atoms with van der Waals surface area (Å²) in [5.74, 6) is 0. The minimum absolute atomic E-state index is 0.0556. The van der Waals surface area contributed by atoms with Gasteiger partial charge in [-0.3, -0.25) is 0 Å². The van der Waals surface area contributed by atoms with Crippen LogP contribution in [0.1, 0.15) is 36.8 Å². The molecule has 0 saturated carbocycles. The Kier molecular flexibility index (Phi) is 6.48. The van der Waals surface area contributed by atoms with Gasteiger partial charge in [-0.2, -0.15) is 13.2 Å². The number of nitrogens with one attached hydrogen (secondary N) is 1. The van der Waals surface area contributed by atoms with Crippen molar-refractivity contribution < 1.29 is 23.1 Å². The molecular formula is C17H23F3N2O2. The standard InChI is InChI=1S/C17H23F3N2O2/c18-17(19,20)14-6-4-13(5-7-14)8-10-21-16(24)22-11-2-1-3-15(22)9-12-23/h4-7,15,23H,1-3,8-12H2,(H,21,24)/t15-/m1/s1. The monoisotopic (exact) mass is 344 g/mol. The van der Waals surface area contributed by atoms with Crippen LogP contribution < -0.4 is 5.32 Å². The van der Waals surface area contributed by atoms with Crippen molar-refractivity contribution in [3.8, 4) is 0 Å². The van der Waals surface area contributed by atoms with Gasteiger partial charge in [0.2, 0.25) is 0 Å². The molecule has 4 nitrogen and oxygen atoms in total. The van der Waals surface area contributed by atoms with E-state index in [2.05, 4.69) is 5.32 Å². The SMILES string of the molecule is O=C(NCCc1ccc(C(F)(F)F)cc1)N1CCCC[C@@H]1CCO. The molecule has 2 amide bonds. The van der Waals surface area contributed by atoms with Gasteiger partial charge in [-0.1, -0.05) is 12.1 Å². The lowest BCUT2D eigenvalue weighted by Gasteiger charge is -2.35. The number of carbonyl (C=O) groups is 1. The molecule has 0 bridgehead atoms. The van der Waals surface area contributed by atoms with Crippen molar-refractivity contribution in [1.82, 2.24) is 10.2 Å². The maximum Gasteiger partial charge on any atom is 0.416 e. The molecule has 0 radical (unpaired) electrons. The van der Waals surface area contributed by atoms with Crippen molar-refractivity contribution in [2.45, 2.75) is 44.3 Å². The molecule has 1 atom stereocenters. The summed E-state index contributed by atoms with van der Waals surface area (Å²) < 4.78 is 37.5. The first-order chi connectivity index (χ1) is 11.4. The highest BCUT2D eigenvalue weighted by atomic mass is 19.4. The highest BCUT2D eigenvalue weighted by molar-refractivity contribution is 5.74. The number of piperidine rings is 1. The largest absolute Gasteiger partial charge is 0.416 e. The normalized spacial score (nSPS) is 18.5. The number of nitrogens with zero attached hydrogens (tertiary/aromatic N) is 1. The highest BCUT2D eigenvalue weighted by Crippen LogP contribution is 2.29. The molecule has 0 aromatic heterocycles. The van der Waals surface area contributed by atoms with Gasteiger partial charge in [0.15, 0.2) is 0 Å². The summed E-state index contributed by atoms with van der Waals surface area (Å²) in [4.78, 5) is 14.0. The second kappa shape index (κ2) is 8.37. The highest BCUT2D eigenvalue weighted by Gasteiger charge is 2.30. The Labute approximate surface area is 139 Å². The number of amides is 2. The molecule has 0 spiro atoms. The summed E-state index contributed by atoms with van der Waals surface area (Å²) in [6, 6.07) is 4.88. The van der Waals surface area contributed by atoms with Gasteiger partial charge in [0.05, 0.1) is 5.56 Å². The van der Waals surface area contributed by atoms with Crippen LogP contribution in [-0.4, -0.2) is 41.8 Å². The van der Waals surface area contributed by atoms with E-state index in [1.807, 2.05) is 0 Å². The fourth-order valence-electron chi connectivity index (χ4n) is 2.99. The van der Waals surface area contributed by atoms with Crippen molar-refractivity contribution in [3.63, 3.8) is 0 Å². The topological polar surface area (TPSA) is 52.6 Å². The zero-order valence-electron chi connectivity index (χ0n) is 13.5. The van der Waals surface area contributed by atoms with Crippen molar-refractivity contribution >= 4 is 6.03 Å². The lowest BCUT2D eigenvalue weighted by molar-refractivity contribution is -0.137. The smallest absolute Gasteiger partial charge is 0.396 e.